The van der Waals surface area contributed by atoms with E-state index in [4.69, 9.17) is 4.74 Å². The molecule has 0 aromatic heterocycles. The molecule has 5 heteroatoms. The highest BCUT2D eigenvalue weighted by atomic mass is 79.9. The molecule has 1 N–H and O–H groups in total. The lowest BCUT2D eigenvalue weighted by Crippen LogP contribution is -2.02. The maximum Gasteiger partial charge on any atom is 0.330 e. The summed E-state index contributed by atoms with van der Waals surface area (Å²) >= 11 is 6.83. The van der Waals surface area contributed by atoms with Crippen LogP contribution in [0.25, 0.3) is 0 Å². The molecule has 0 aliphatic rings. The smallest absolute Gasteiger partial charge is 0.330 e. The van der Waals surface area contributed by atoms with Crippen LogP contribution in [0.1, 0.15) is 6.92 Å². The van der Waals surface area contributed by atoms with Gasteiger partial charge in [-0.15, -0.1) is 0 Å². The number of carbonyl (C=O) groups is 1. The summed E-state index contributed by atoms with van der Waals surface area (Å²) in [6, 6.07) is 5.85. The number of carbonyl (C=O) groups excluding carboxylic acids is 1. The van der Waals surface area contributed by atoms with Gasteiger partial charge < -0.3 is 10.1 Å². The highest BCUT2D eigenvalue weighted by molar-refractivity contribution is 9.11. The predicted octanol–water partition coefficient (Wildman–Crippen LogP) is 3.74. The normalized spacial score (nSPS) is 10.5. The number of ether oxygens (including phenoxy) is 1. The van der Waals surface area contributed by atoms with E-state index in [1.807, 2.05) is 18.2 Å². The summed E-state index contributed by atoms with van der Waals surface area (Å²) in [6.07, 6.45) is 3.15. The van der Waals surface area contributed by atoms with E-state index in [9.17, 15) is 4.79 Å². The van der Waals surface area contributed by atoms with Crippen LogP contribution in [0.2, 0.25) is 0 Å². The second-order valence-corrected chi connectivity index (χ2v) is 4.93. The summed E-state index contributed by atoms with van der Waals surface area (Å²) in [4.78, 5) is 11.0. The number of esters is 1. The van der Waals surface area contributed by atoms with Crippen molar-refractivity contribution in [2.45, 2.75) is 6.92 Å². The van der Waals surface area contributed by atoms with Gasteiger partial charge >= 0.3 is 5.97 Å². The van der Waals surface area contributed by atoms with E-state index in [0.29, 0.717) is 13.2 Å². The van der Waals surface area contributed by atoms with Crippen LogP contribution >= 0.6 is 31.9 Å². The molecule has 92 valence electrons. The molecule has 0 amide bonds. The molecule has 0 aliphatic carbocycles. The molecular formula is C12H13Br2NO2. The van der Waals surface area contributed by atoms with Crippen LogP contribution in [0.4, 0.5) is 5.69 Å². The van der Waals surface area contributed by atoms with Crippen LogP contribution in [-0.2, 0) is 9.53 Å². The second-order valence-electron chi connectivity index (χ2n) is 3.16. The van der Waals surface area contributed by atoms with Gasteiger partial charge in [0.05, 0.1) is 6.61 Å². The molecule has 1 aromatic rings. The Hall–Kier alpha value is -0.810. The summed E-state index contributed by atoms with van der Waals surface area (Å²) in [6.45, 7) is 2.75. The van der Waals surface area contributed by atoms with E-state index in [1.54, 1.807) is 13.0 Å². The summed E-state index contributed by atoms with van der Waals surface area (Å²) in [5.41, 5.74) is 0.974. The monoisotopic (exact) mass is 361 g/mol. The van der Waals surface area contributed by atoms with Crippen LogP contribution in [0.5, 0.6) is 0 Å². The molecule has 0 aliphatic heterocycles. The van der Waals surface area contributed by atoms with E-state index in [1.165, 1.54) is 6.08 Å². The van der Waals surface area contributed by atoms with Crippen molar-refractivity contribution < 1.29 is 9.53 Å². The fraction of sp³-hybridized carbons (Fsp3) is 0.250. The average molecular weight is 363 g/mol. The topological polar surface area (TPSA) is 38.3 Å². The van der Waals surface area contributed by atoms with Gasteiger partial charge in [0.1, 0.15) is 0 Å². The quantitative estimate of drug-likeness (QED) is 0.640. The molecule has 0 atom stereocenters. The van der Waals surface area contributed by atoms with Crippen molar-refractivity contribution in [3.05, 3.63) is 39.3 Å². The Morgan fingerprint density at radius 3 is 2.88 bits per heavy atom. The van der Waals surface area contributed by atoms with Gasteiger partial charge in [-0.05, 0) is 41.1 Å². The standard InChI is InChI=1S/C12H13Br2NO2/c1-2-17-12(16)4-3-7-15-11-6-5-9(13)8-10(11)14/h3-6,8,15H,2,7H2,1H3/b4-3+. The second kappa shape index (κ2) is 7.50. The molecule has 1 aromatic carbocycles. The molecule has 0 heterocycles. The Morgan fingerprint density at radius 2 is 2.24 bits per heavy atom. The lowest BCUT2D eigenvalue weighted by Gasteiger charge is -2.06. The fourth-order valence-electron chi connectivity index (χ4n) is 1.15. The van der Waals surface area contributed by atoms with Crippen LogP contribution in [-0.4, -0.2) is 19.1 Å². The van der Waals surface area contributed by atoms with E-state index < -0.39 is 0 Å². The van der Waals surface area contributed by atoms with Crippen LogP contribution in [0, 0.1) is 0 Å². The van der Waals surface area contributed by atoms with Crippen molar-refractivity contribution in [3.63, 3.8) is 0 Å². The first-order valence-electron chi connectivity index (χ1n) is 5.15. The third kappa shape index (κ3) is 5.37. The number of benzene rings is 1. The SMILES string of the molecule is CCOC(=O)/C=C/CNc1ccc(Br)cc1Br. The minimum absolute atomic E-state index is 0.316. The Bertz CT molecular complexity index is 419. The zero-order valence-corrected chi connectivity index (χ0v) is 12.5. The van der Waals surface area contributed by atoms with Crippen LogP contribution in [0.3, 0.4) is 0 Å². The van der Waals surface area contributed by atoms with Crippen molar-refractivity contribution in [1.82, 2.24) is 0 Å². The molecule has 1 rings (SSSR count). The lowest BCUT2D eigenvalue weighted by atomic mass is 10.3. The number of hydrogen-bond donors (Lipinski definition) is 1. The minimum atomic E-state index is -0.316. The number of anilines is 1. The highest BCUT2D eigenvalue weighted by Gasteiger charge is 1.98. The van der Waals surface area contributed by atoms with Crippen molar-refractivity contribution >= 4 is 43.5 Å². The predicted molar refractivity (Wildman–Crippen MR) is 76.1 cm³/mol. The van der Waals surface area contributed by atoms with Gasteiger partial charge in [0.25, 0.3) is 0 Å². The Morgan fingerprint density at radius 1 is 1.47 bits per heavy atom. The summed E-state index contributed by atoms with van der Waals surface area (Å²) in [7, 11) is 0. The zero-order chi connectivity index (χ0) is 12.7. The van der Waals surface area contributed by atoms with Gasteiger partial charge in [0.15, 0.2) is 0 Å². The molecule has 0 radical (unpaired) electrons. The largest absolute Gasteiger partial charge is 0.463 e. The number of halogens is 2. The van der Waals surface area contributed by atoms with Gasteiger partial charge in [0, 0.05) is 27.3 Å². The first kappa shape index (κ1) is 14.3. The minimum Gasteiger partial charge on any atom is -0.463 e. The molecule has 0 saturated heterocycles. The van der Waals surface area contributed by atoms with E-state index in [-0.39, 0.29) is 5.97 Å². The van der Waals surface area contributed by atoms with E-state index >= 15 is 0 Å². The molecular weight excluding hydrogens is 350 g/mol. The number of hydrogen-bond acceptors (Lipinski definition) is 3. The third-order valence-corrected chi connectivity index (χ3v) is 3.03. The van der Waals surface area contributed by atoms with Crippen molar-refractivity contribution in [2.75, 3.05) is 18.5 Å². The van der Waals surface area contributed by atoms with Crippen LogP contribution in [0.15, 0.2) is 39.3 Å². The maximum absolute atomic E-state index is 11.0. The fourth-order valence-corrected chi connectivity index (χ4v) is 2.33. The number of rotatable bonds is 5. The molecule has 0 spiro atoms. The maximum atomic E-state index is 11.0. The average Bonchev–Trinajstić information content (AvgIpc) is 2.27. The molecule has 0 bridgehead atoms. The Kier molecular flexibility index (Phi) is 6.29. The van der Waals surface area contributed by atoms with Crippen molar-refractivity contribution in [2.24, 2.45) is 0 Å². The molecule has 0 saturated carbocycles. The lowest BCUT2D eigenvalue weighted by molar-refractivity contribution is -0.137. The van der Waals surface area contributed by atoms with E-state index in [2.05, 4.69) is 37.2 Å². The Balaban J connectivity index is 2.43. The molecule has 17 heavy (non-hydrogen) atoms. The molecule has 0 fully saturated rings. The van der Waals surface area contributed by atoms with E-state index in [0.717, 1.165) is 14.6 Å². The molecule has 0 unspecified atom stereocenters. The van der Waals surface area contributed by atoms with Gasteiger partial charge in [0.2, 0.25) is 0 Å². The van der Waals surface area contributed by atoms with Gasteiger partial charge in [-0.3, -0.25) is 0 Å². The Labute approximate surface area is 117 Å². The van der Waals surface area contributed by atoms with Crippen LogP contribution < -0.4 is 5.32 Å². The van der Waals surface area contributed by atoms with Gasteiger partial charge in [-0.25, -0.2) is 4.79 Å². The third-order valence-electron chi connectivity index (χ3n) is 1.88. The summed E-state index contributed by atoms with van der Waals surface area (Å²) in [5, 5.41) is 3.18. The number of nitrogens with one attached hydrogen (secondary N) is 1. The summed E-state index contributed by atoms with van der Waals surface area (Å²) < 4.78 is 6.74. The molecule has 3 nitrogen and oxygen atoms in total. The van der Waals surface area contributed by atoms with Crippen molar-refractivity contribution in [1.29, 1.82) is 0 Å². The zero-order valence-electron chi connectivity index (χ0n) is 9.37. The summed E-state index contributed by atoms with van der Waals surface area (Å²) in [5.74, 6) is -0.316. The first-order valence-corrected chi connectivity index (χ1v) is 6.74. The van der Waals surface area contributed by atoms with Gasteiger partial charge in [-0.2, -0.15) is 0 Å². The van der Waals surface area contributed by atoms with Crippen molar-refractivity contribution in [3.8, 4) is 0 Å². The van der Waals surface area contributed by atoms with Gasteiger partial charge in [-0.1, -0.05) is 22.0 Å². The first-order chi connectivity index (χ1) is 8.13. The highest BCUT2D eigenvalue weighted by Crippen LogP contribution is 2.25.